The molecule has 2 aromatic carbocycles. The van der Waals surface area contributed by atoms with Gasteiger partial charge in [0.05, 0.1) is 37.0 Å². The fourth-order valence-corrected chi connectivity index (χ4v) is 4.65. The minimum absolute atomic E-state index is 0.0129. The van der Waals surface area contributed by atoms with Crippen molar-refractivity contribution in [3.63, 3.8) is 0 Å². The number of Topliss-reactive ketones (excluding diaryl/α,β-unsaturated/α-hetero) is 1. The SMILES string of the molecule is CC(C)Oc1ccc(C(O)=C2C(=O)C(=O)N(CCN3CCOCC3)C2c2ccc(OC(C)C)cc2)cc1. The molecule has 1 atom stereocenters. The summed E-state index contributed by atoms with van der Waals surface area (Å²) >= 11 is 0. The molecular weight excluding hydrogens is 472 g/mol. The Kier molecular flexibility index (Phi) is 8.51. The summed E-state index contributed by atoms with van der Waals surface area (Å²) in [5, 5.41) is 11.3. The average Bonchev–Trinajstić information content (AvgIpc) is 3.13. The van der Waals surface area contributed by atoms with E-state index in [1.54, 1.807) is 29.2 Å². The summed E-state index contributed by atoms with van der Waals surface area (Å²) in [5.74, 6) is -0.132. The number of ketones is 1. The van der Waals surface area contributed by atoms with Gasteiger partial charge in [-0.2, -0.15) is 0 Å². The predicted molar refractivity (Wildman–Crippen MR) is 141 cm³/mol. The average molecular weight is 509 g/mol. The number of ether oxygens (including phenoxy) is 3. The first kappa shape index (κ1) is 26.7. The highest BCUT2D eigenvalue weighted by atomic mass is 16.5. The quantitative estimate of drug-likeness (QED) is 0.311. The van der Waals surface area contributed by atoms with E-state index in [0.717, 1.165) is 18.7 Å². The first-order valence-electron chi connectivity index (χ1n) is 12.9. The van der Waals surface area contributed by atoms with Crippen LogP contribution >= 0.6 is 0 Å². The van der Waals surface area contributed by atoms with Gasteiger partial charge in [-0.05, 0) is 69.7 Å². The van der Waals surface area contributed by atoms with E-state index in [4.69, 9.17) is 14.2 Å². The summed E-state index contributed by atoms with van der Waals surface area (Å²) in [6, 6.07) is 13.5. The molecule has 1 amide bonds. The van der Waals surface area contributed by atoms with E-state index < -0.39 is 17.7 Å². The van der Waals surface area contributed by atoms with E-state index in [1.807, 2.05) is 52.0 Å². The maximum absolute atomic E-state index is 13.3. The number of benzene rings is 2. The molecule has 2 fully saturated rings. The van der Waals surface area contributed by atoms with Crippen molar-refractivity contribution in [2.75, 3.05) is 39.4 Å². The van der Waals surface area contributed by atoms with Crippen LogP contribution in [-0.2, 0) is 14.3 Å². The van der Waals surface area contributed by atoms with E-state index >= 15 is 0 Å². The summed E-state index contributed by atoms with van der Waals surface area (Å²) in [4.78, 5) is 30.3. The van der Waals surface area contributed by atoms with E-state index in [2.05, 4.69) is 4.90 Å². The zero-order chi connectivity index (χ0) is 26.5. The number of rotatable bonds is 9. The van der Waals surface area contributed by atoms with Crippen LogP contribution in [0.5, 0.6) is 11.5 Å². The van der Waals surface area contributed by atoms with Crippen LogP contribution in [0.4, 0.5) is 0 Å². The Balaban J connectivity index is 1.69. The zero-order valence-corrected chi connectivity index (χ0v) is 22.0. The minimum atomic E-state index is -0.708. The van der Waals surface area contributed by atoms with Crippen LogP contribution in [0, 0.1) is 0 Å². The van der Waals surface area contributed by atoms with Crippen LogP contribution in [0.15, 0.2) is 54.1 Å². The summed E-state index contributed by atoms with van der Waals surface area (Å²) < 4.78 is 16.9. The van der Waals surface area contributed by atoms with Gasteiger partial charge in [-0.15, -0.1) is 0 Å². The number of hydrogen-bond acceptors (Lipinski definition) is 7. The number of aliphatic hydroxyl groups is 1. The monoisotopic (exact) mass is 508 g/mol. The van der Waals surface area contributed by atoms with Gasteiger partial charge >= 0.3 is 0 Å². The lowest BCUT2D eigenvalue weighted by atomic mass is 9.95. The highest BCUT2D eigenvalue weighted by Gasteiger charge is 2.46. The second-order valence-electron chi connectivity index (χ2n) is 9.87. The third-order valence-corrected chi connectivity index (χ3v) is 6.37. The highest BCUT2D eigenvalue weighted by molar-refractivity contribution is 6.46. The van der Waals surface area contributed by atoms with Gasteiger partial charge in [0.1, 0.15) is 17.3 Å². The molecule has 8 heteroatoms. The molecule has 0 saturated carbocycles. The first-order valence-corrected chi connectivity index (χ1v) is 12.9. The minimum Gasteiger partial charge on any atom is -0.507 e. The maximum Gasteiger partial charge on any atom is 0.295 e. The van der Waals surface area contributed by atoms with E-state index in [-0.39, 0.29) is 23.5 Å². The Morgan fingerprint density at radius 1 is 0.892 bits per heavy atom. The van der Waals surface area contributed by atoms with Crippen LogP contribution in [0.2, 0.25) is 0 Å². The second kappa shape index (κ2) is 11.8. The molecule has 2 aliphatic rings. The van der Waals surface area contributed by atoms with E-state index in [0.29, 0.717) is 43.4 Å². The summed E-state index contributed by atoms with van der Waals surface area (Å²) in [6.07, 6.45) is 0.0338. The van der Waals surface area contributed by atoms with Crippen LogP contribution in [0.3, 0.4) is 0 Å². The van der Waals surface area contributed by atoms with E-state index in [9.17, 15) is 14.7 Å². The van der Waals surface area contributed by atoms with Crippen molar-refractivity contribution in [1.82, 2.24) is 9.80 Å². The van der Waals surface area contributed by atoms with Crippen LogP contribution in [0.25, 0.3) is 5.76 Å². The van der Waals surface area contributed by atoms with Gasteiger partial charge < -0.3 is 24.2 Å². The fourth-order valence-electron chi connectivity index (χ4n) is 4.65. The van der Waals surface area contributed by atoms with Gasteiger partial charge in [0.25, 0.3) is 11.7 Å². The molecule has 1 unspecified atom stereocenters. The Morgan fingerprint density at radius 3 is 1.97 bits per heavy atom. The van der Waals surface area contributed by atoms with Gasteiger partial charge in [-0.3, -0.25) is 14.5 Å². The molecule has 37 heavy (non-hydrogen) atoms. The lowest BCUT2D eigenvalue weighted by molar-refractivity contribution is -0.140. The molecule has 4 rings (SSSR count). The number of nitrogens with zero attached hydrogens (tertiary/aromatic N) is 2. The van der Waals surface area contributed by atoms with Gasteiger partial charge in [0, 0.05) is 31.7 Å². The number of carbonyl (C=O) groups excluding carboxylic acids is 2. The molecule has 0 spiro atoms. The normalized spacial score (nSPS) is 20.2. The largest absolute Gasteiger partial charge is 0.507 e. The van der Waals surface area contributed by atoms with Crippen molar-refractivity contribution in [2.45, 2.75) is 45.9 Å². The summed E-state index contributed by atoms with van der Waals surface area (Å²) in [5.41, 5.74) is 1.27. The molecule has 0 aliphatic carbocycles. The van der Waals surface area contributed by atoms with Gasteiger partial charge in [-0.25, -0.2) is 0 Å². The molecule has 2 saturated heterocycles. The fraction of sp³-hybridized carbons (Fsp3) is 0.448. The highest BCUT2D eigenvalue weighted by Crippen LogP contribution is 2.40. The van der Waals surface area contributed by atoms with Crippen molar-refractivity contribution >= 4 is 17.4 Å². The number of morpholine rings is 1. The zero-order valence-electron chi connectivity index (χ0n) is 22.0. The van der Waals surface area contributed by atoms with Crippen molar-refractivity contribution in [1.29, 1.82) is 0 Å². The lowest BCUT2D eigenvalue weighted by Crippen LogP contribution is -2.42. The standard InChI is InChI=1S/C29H36N2O6/c1-19(2)36-23-9-5-21(6-10-23)26-25(27(32)22-7-11-24(12-8-22)37-20(3)4)28(33)29(34)31(26)14-13-30-15-17-35-18-16-30/h5-12,19-20,26,32H,13-18H2,1-4H3. The molecular formula is C29H36N2O6. The molecule has 2 heterocycles. The lowest BCUT2D eigenvalue weighted by Gasteiger charge is -2.31. The van der Waals surface area contributed by atoms with Crippen molar-refractivity contribution in [2.24, 2.45) is 0 Å². The molecule has 8 nitrogen and oxygen atoms in total. The van der Waals surface area contributed by atoms with Gasteiger partial charge in [0.2, 0.25) is 0 Å². The summed E-state index contributed by atoms with van der Waals surface area (Å²) in [7, 11) is 0. The van der Waals surface area contributed by atoms with Gasteiger partial charge in [-0.1, -0.05) is 12.1 Å². The molecule has 198 valence electrons. The van der Waals surface area contributed by atoms with Crippen LogP contribution in [-0.4, -0.2) is 78.2 Å². The van der Waals surface area contributed by atoms with Crippen molar-refractivity contribution < 1.29 is 28.9 Å². The Morgan fingerprint density at radius 2 is 1.43 bits per heavy atom. The first-order chi connectivity index (χ1) is 17.7. The third kappa shape index (κ3) is 6.32. The second-order valence-corrected chi connectivity index (χ2v) is 9.87. The maximum atomic E-state index is 13.3. The molecule has 0 aromatic heterocycles. The Hall–Kier alpha value is -3.36. The molecule has 2 aliphatic heterocycles. The number of likely N-dealkylation sites (tertiary alicyclic amines) is 1. The molecule has 0 radical (unpaired) electrons. The third-order valence-electron chi connectivity index (χ3n) is 6.37. The number of hydrogen-bond donors (Lipinski definition) is 1. The van der Waals surface area contributed by atoms with Crippen LogP contribution in [0.1, 0.15) is 44.9 Å². The number of aliphatic hydroxyl groups excluding tert-OH is 1. The smallest absolute Gasteiger partial charge is 0.295 e. The van der Waals surface area contributed by atoms with Crippen molar-refractivity contribution in [3.8, 4) is 11.5 Å². The molecule has 0 bridgehead atoms. The van der Waals surface area contributed by atoms with Crippen molar-refractivity contribution in [3.05, 3.63) is 65.2 Å². The molecule has 1 N–H and O–H groups in total. The predicted octanol–water partition coefficient (Wildman–Crippen LogP) is 4.01. The van der Waals surface area contributed by atoms with Gasteiger partial charge in [0.15, 0.2) is 0 Å². The number of carbonyl (C=O) groups is 2. The number of amides is 1. The van der Waals surface area contributed by atoms with Crippen LogP contribution < -0.4 is 9.47 Å². The summed E-state index contributed by atoms with van der Waals surface area (Å²) in [6.45, 7) is 11.6. The Labute approximate surface area is 218 Å². The Bertz CT molecular complexity index is 1120. The molecule has 2 aromatic rings. The van der Waals surface area contributed by atoms with E-state index in [1.165, 1.54) is 0 Å². The topological polar surface area (TPSA) is 88.5 Å².